The lowest BCUT2D eigenvalue weighted by Gasteiger charge is -2.39. The van der Waals surface area contributed by atoms with Gasteiger partial charge in [-0.1, -0.05) is 6.07 Å². The van der Waals surface area contributed by atoms with Crippen LogP contribution in [0.4, 0.5) is 0 Å². The highest BCUT2D eigenvalue weighted by Crippen LogP contribution is 2.15. The molecule has 0 saturated carbocycles. The third-order valence-electron chi connectivity index (χ3n) is 4.91. The van der Waals surface area contributed by atoms with Crippen molar-refractivity contribution in [3.63, 3.8) is 0 Å². The van der Waals surface area contributed by atoms with Crippen LogP contribution in [0.2, 0.25) is 0 Å². The van der Waals surface area contributed by atoms with E-state index in [2.05, 4.69) is 56.2 Å². The molecule has 1 aliphatic heterocycles. The Morgan fingerprint density at radius 2 is 2.08 bits per heavy atom. The van der Waals surface area contributed by atoms with Crippen LogP contribution in [0.15, 0.2) is 43.0 Å². The van der Waals surface area contributed by atoms with Crippen LogP contribution in [-0.4, -0.2) is 54.4 Å². The molecule has 4 rings (SSSR count). The molecular formula is C18H24N6. The number of piperazine rings is 1. The second-order valence-corrected chi connectivity index (χ2v) is 6.71. The minimum atomic E-state index is 0.521. The summed E-state index contributed by atoms with van der Waals surface area (Å²) in [7, 11) is 2.06. The number of aromatic nitrogens is 4. The zero-order valence-corrected chi connectivity index (χ0v) is 14.3. The molecule has 0 aliphatic carbocycles. The van der Waals surface area contributed by atoms with Gasteiger partial charge >= 0.3 is 0 Å². The van der Waals surface area contributed by atoms with E-state index in [4.69, 9.17) is 4.98 Å². The van der Waals surface area contributed by atoms with Gasteiger partial charge < -0.3 is 8.97 Å². The molecule has 1 saturated heterocycles. The Kier molecular flexibility index (Phi) is 4.08. The second kappa shape index (κ2) is 6.37. The largest absolute Gasteiger partial charge is 0.337 e. The van der Waals surface area contributed by atoms with Gasteiger partial charge in [0.15, 0.2) is 0 Å². The topological polar surface area (TPSA) is 41.6 Å². The summed E-state index contributed by atoms with van der Waals surface area (Å²) in [5.41, 5.74) is 2.17. The maximum Gasteiger partial charge on any atom is 0.137 e. The molecule has 24 heavy (non-hydrogen) atoms. The van der Waals surface area contributed by atoms with Gasteiger partial charge in [0.05, 0.1) is 12.2 Å². The van der Waals surface area contributed by atoms with Crippen LogP contribution in [0.5, 0.6) is 0 Å². The zero-order valence-electron chi connectivity index (χ0n) is 14.3. The van der Waals surface area contributed by atoms with Crippen molar-refractivity contribution >= 4 is 5.65 Å². The summed E-state index contributed by atoms with van der Waals surface area (Å²) in [5.74, 6) is 1.13. The average Bonchev–Trinajstić information content (AvgIpc) is 3.15. The van der Waals surface area contributed by atoms with E-state index in [1.807, 2.05) is 24.5 Å². The van der Waals surface area contributed by atoms with Crippen molar-refractivity contribution in [1.29, 1.82) is 0 Å². The summed E-state index contributed by atoms with van der Waals surface area (Å²) in [6.45, 7) is 7.36. The number of nitrogens with zero attached hydrogens (tertiary/aromatic N) is 6. The predicted molar refractivity (Wildman–Crippen MR) is 93.5 cm³/mol. The Hall–Kier alpha value is -2.18. The van der Waals surface area contributed by atoms with Gasteiger partial charge in [-0.05, 0) is 19.1 Å². The minimum Gasteiger partial charge on any atom is -0.337 e. The highest BCUT2D eigenvalue weighted by molar-refractivity contribution is 5.39. The van der Waals surface area contributed by atoms with Gasteiger partial charge in [-0.3, -0.25) is 9.80 Å². The summed E-state index contributed by atoms with van der Waals surface area (Å²) >= 11 is 0. The maximum absolute atomic E-state index is 4.72. The van der Waals surface area contributed by atoms with Crippen molar-refractivity contribution in [2.45, 2.75) is 26.1 Å². The first-order chi connectivity index (χ1) is 11.7. The fourth-order valence-electron chi connectivity index (χ4n) is 3.47. The molecule has 1 fully saturated rings. The van der Waals surface area contributed by atoms with Gasteiger partial charge in [-0.15, -0.1) is 0 Å². The summed E-state index contributed by atoms with van der Waals surface area (Å²) in [6.07, 6.45) is 8.08. The lowest BCUT2D eigenvalue weighted by atomic mass is 10.2. The summed E-state index contributed by atoms with van der Waals surface area (Å²) in [6, 6.07) is 6.64. The monoisotopic (exact) mass is 324 g/mol. The average molecular weight is 324 g/mol. The number of fused-ring (bicyclic) bond motifs is 1. The molecule has 3 aromatic heterocycles. The van der Waals surface area contributed by atoms with Crippen molar-refractivity contribution in [2.75, 3.05) is 19.6 Å². The van der Waals surface area contributed by atoms with E-state index in [9.17, 15) is 0 Å². The Morgan fingerprint density at radius 1 is 1.17 bits per heavy atom. The molecule has 3 aromatic rings. The van der Waals surface area contributed by atoms with Gasteiger partial charge in [0, 0.05) is 64.1 Å². The number of hydrogen-bond donors (Lipinski definition) is 0. The van der Waals surface area contributed by atoms with E-state index in [1.165, 1.54) is 0 Å². The standard InChI is InChI=1S/C18H24N6/c1-15-11-22(9-10-23(15)14-18-19-6-8-21(18)2)12-16-13-24-7-4-3-5-17(24)20-16/h3-8,13,15H,9-12,14H2,1-2H3/t15-/m0/s1. The molecule has 0 aromatic carbocycles. The lowest BCUT2D eigenvalue weighted by Crippen LogP contribution is -2.51. The van der Waals surface area contributed by atoms with E-state index in [0.29, 0.717) is 6.04 Å². The van der Waals surface area contributed by atoms with Crippen LogP contribution in [0.3, 0.4) is 0 Å². The predicted octanol–water partition coefficient (Wildman–Crippen LogP) is 1.77. The van der Waals surface area contributed by atoms with Gasteiger partial charge in [0.1, 0.15) is 11.5 Å². The number of hydrogen-bond acceptors (Lipinski definition) is 4. The minimum absolute atomic E-state index is 0.521. The zero-order chi connectivity index (χ0) is 16.5. The first-order valence-electron chi connectivity index (χ1n) is 8.54. The summed E-state index contributed by atoms with van der Waals surface area (Å²) in [4.78, 5) is 14.2. The number of imidazole rings is 2. The number of aryl methyl sites for hydroxylation is 1. The molecule has 0 spiro atoms. The van der Waals surface area contributed by atoms with Gasteiger partial charge in [0.2, 0.25) is 0 Å². The van der Waals surface area contributed by atoms with E-state index < -0.39 is 0 Å². The lowest BCUT2D eigenvalue weighted by molar-refractivity contribution is 0.0701. The van der Waals surface area contributed by atoms with E-state index in [0.717, 1.165) is 49.9 Å². The molecule has 0 N–H and O–H groups in total. The normalized spacial score (nSPS) is 20.0. The fraction of sp³-hybridized carbons (Fsp3) is 0.444. The molecule has 0 bridgehead atoms. The molecule has 0 amide bonds. The molecule has 0 radical (unpaired) electrons. The summed E-state index contributed by atoms with van der Waals surface area (Å²) < 4.78 is 4.20. The van der Waals surface area contributed by atoms with Gasteiger partial charge in [0.25, 0.3) is 0 Å². The van der Waals surface area contributed by atoms with Crippen molar-refractivity contribution in [2.24, 2.45) is 7.05 Å². The smallest absolute Gasteiger partial charge is 0.137 e. The quantitative estimate of drug-likeness (QED) is 0.733. The summed E-state index contributed by atoms with van der Waals surface area (Å²) in [5, 5.41) is 0. The van der Waals surface area contributed by atoms with Gasteiger partial charge in [-0.2, -0.15) is 0 Å². The molecule has 1 atom stereocenters. The number of rotatable bonds is 4. The fourth-order valence-corrected chi connectivity index (χ4v) is 3.47. The van der Waals surface area contributed by atoms with Gasteiger partial charge in [-0.25, -0.2) is 9.97 Å². The van der Waals surface area contributed by atoms with Crippen molar-refractivity contribution in [1.82, 2.24) is 28.7 Å². The van der Waals surface area contributed by atoms with Crippen molar-refractivity contribution in [3.05, 3.63) is 54.5 Å². The Morgan fingerprint density at radius 3 is 2.83 bits per heavy atom. The van der Waals surface area contributed by atoms with Crippen LogP contribution in [0, 0.1) is 0 Å². The molecule has 1 aliphatic rings. The molecule has 6 nitrogen and oxygen atoms in total. The third-order valence-corrected chi connectivity index (χ3v) is 4.91. The Balaban J connectivity index is 1.38. The molecule has 126 valence electrons. The Bertz CT molecular complexity index is 787. The second-order valence-electron chi connectivity index (χ2n) is 6.71. The third kappa shape index (κ3) is 3.07. The van der Waals surface area contributed by atoms with Crippen molar-refractivity contribution < 1.29 is 0 Å². The maximum atomic E-state index is 4.72. The highest BCUT2D eigenvalue weighted by Gasteiger charge is 2.25. The Labute approximate surface area is 142 Å². The molecule has 4 heterocycles. The van der Waals surface area contributed by atoms with Crippen LogP contribution in [0.25, 0.3) is 5.65 Å². The molecule has 6 heteroatoms. The first kappa shape index (κ1) is 15.4. The van der Waals surface area contributed by atoms with Crippen LogP contribution < -0.4 is 0 Å². The SMILES string of the molecule is C[C@H]1CN(Cc2cn3ccccc3n2)CCN1Cc1nccn1C. The highest BCUT2D eigenvalue weighted by atomic mass is 15.3. The molecule has 0 unspecified atom stereocenters. The van der Waals surface area contributed by atoms with E-state index in [1.54, 1.807) is 0 Å². The van der Waals surface area contributed by atoms with E-state index >= 15 is 0 Å². The molecular weight excluding hydrogens is 300 g/mol. The van der Waals surface area contributed by atoms with Crippen molar-refractivity contribution in [3.8, 4) is 0 Å². The van der Waals surface area contributed by atoms with Crippen LogP contribution in [0.1, 0.15) is 18.4 Å². The van der Waals surface area contributed by atoms with Crippen LogP contribution >= 0.6 is 0 Å². The number of pyridine rings is 1. The van der Waals surface area contributed by atoms with Crippen LogP contribution in [-0.2, 0) is 20.1 Å². The van der Waals surface area contributed by atoms with E-state index in [-0.39, 0.29) is 0 Å². The first-order valence-corrected chi connectivity index (χ1v) is 8.54.